The van der Waals surface area contributed by atoms with Crippen molar-refractivity contribution in [2.24, 2.45) is 0 Å². The van der Waals surface area contributed by atoms with Gasteiger partial charge >= 0.3 is 0 Å². The van der Waals surface area contributed by atoms with Crippen LogP contribution in [-0.2, 0) is 17.9 Å². The first-order chi connectivity index (χ1) is 12.0. The average Bonchev–Trinajstić information content (AvgIpc) is 3.15. The van der Waals surface area contributed by atoms with E-state index in [2.05, 4.69) is 15.5 Å². The monoisotopic (exact) mass is 361 g/mol. The highest BCUT2D eigenvalue weighted by molar-refractivity contribution is 6.31. The molecule has 0 spiro atoms. The molecule has 0 aliphatic heterocycles. The lowest BCUT2D eigenvalue weighted by molar-refractivity contribution is -0.116. The summed E-state index contributed by atoms with van der Waals surface area (Å²) in [6.45, 7) is 2.58. The van der Waals surface area contributed by atoms with E-state index in [0.29, 0.717) is 29.4 Å². The SMILES string of the molecule is Cc1c(Cl)cnn1CCC(=O)Nc1cnn(Cc2ccccc2F)c1. The zero-order valence-electron chi connectivity index (χ0n) is 13.6. The van der Waals surface area contributed by atoms with E-state index in [-0.39, 0.29) is 18.1 Å². The number of nitrogens with one attached hydrogen (secondary N) is 1. The average molecular weight is 362 g/mol. The van der Waals surface area contributed by atoms with Gasteiger partial charge in [0.15, 0.2) is 0 Å². The molecule has 3 aromatic rings. The second-order valence-electron chi connectivity index (χ2n) is 5.62. The van der Waals surface area contributed by atoms with E-state index < -0.39 is 0 Å². The van der Waals surface area contributed by atoms with Crippen molar-refractivity contribution in [1.29, 1.82) is 0 Å². The number of carbonyl (C=O) groups is 1. The Balaban J connectivity index is 1.55. The Bertz CT molecular complexity index is 889. The largest absolute Gasteiger partial charge is 0.323 e. The lowest BCUT2D eigenvalue weighted by Crippen LogP contribution is -2.15. The lowest BCUT2D eigenvalue weighted by Gasteiger charge is -2.05. The Kier molecular flexibility index (Phi) is 5.14. The molecule has 0 fully saturated rings. The number of carbonyl (C=O) groups excluding carboxylic acids is 1. The first-order valence-electron chi connectivity index (χ1n) is 7.76. The Morgan fingerprint density at radius 2 is 2.08 bits per heavy atom. The van der Waals surface area contributed by atoms with Crippen LogP contribution in [0.5, 0.6) is 0 Å². The van der Waals surface area contributed by atoms with Crippen molar-refractivity contribution in [3.05, 3.63) is 65.0 Å². The van der Waals surface area contributed by atoms with Crippen LogP contribution in [0.1, 0.15) is 17.7 Å². The molecule has 0 bridgehead atoms. The van der Waals surface area contributed by atoms with E-state index in [0.717, 1.165) is 5.69 Å². The number of rotatable bonds is 6. The molecule has 0 atom stereocenters. The molecular formula is C17H17ClFN5O. The number of aryl methyl sites for hydroxylation is 1. The molecule has 3 rings (SSSR count). The number of benzene rings is 1. The van der Waals surface area contributed by atoms with Crippen molar-refractivity contribution in [1.82, 2.24) is 19.6 Å². The number of aromatic nitrogens is 4. The van der Waals surface area contributed by atoms with Crippen molar-refractivity contribution >= 4 is 23.2 Å². The van der Waals surface area contributed by atoms with E-state index in [4.69, 9.17) is 11.6 Å². The predicted octanol–water partition coefficient (Wildman–Crippen LogP) is 3.26. The zero-order valence-corrected chi connectivity index (χ0v) is 14.4. The van der Waals surface area contributed by atoms with Gasteiger partial charge in [-0.25, -0.2) is 4.39 Å². The van der Waals surface area contributed by atoms with E-state index in [1.54, 1.807) is 40.0 Å². The molecule has 6 nitrogen and oxygen atoms in total. The van der Waals surface area contributed by atoms with Crippen molar-refractivity contribution in [2.75, 3.05) is 5.32 Å². The number of nitrogens with zero attached hydrogens (tertiary/aromatic N) is 4. The number of anilines is 1. The maximum Gasteiger partial charge on any atom is 0.226 e. The van der Waals surface area contributed by atoms with Crippen LogP contribution >= 0.6 is 11.6 Å². The van der Waals surface area contributed by atoms with Crippen molar-refractivity contribution in [3.8, 4) is 0 Å². The van der Waals surface area contributed by atoms with Gasteiger partial charge in [-0.2, -0.15) is 10.2 Å². The van der Waals surface area contributed by atoms with Gasteiger partial charge in [-0.1, -0.05) is 29.8 Å². The van der Waals surface area contributed by atoms with Gasteiger partial charge in [0.1, 0.15) is 5.82 Å². The van der Waals surface area contributed by atoms with Crippen LogP contribution in [0.2, 0.25) is 5.02 Å². The smallest absolute Gasteiger partial charge is 0.226 e. The van der Waals surface area contributed by atoms with Gasteiger partial charge in [-0.3, -0.25) is 14.2 Å². The topological polar surface area (TPSA) is 64.7 Å². The maximum absolute atomic E-state index is 13.7. The fourth-order valence-electron chi connectivity index (χ4n) is 2.40. The molecule has 1 N–H and O–H groups in total. The van der Waals surface area contributed by atoms with E-state index in [1.165, 1.54) is 12.3 Å². The minimum Gasteiger partial charge on any atom is -0.323 e. The fourth-order valence-corrected chi connectivity index (χ4v) is 2.54. The molecule has 0 aliphatic carbocycles. The highest BCUT2D eigenvalue weighted by Gasteiger charge is 2.09. The third-order valence-corrected chi connectivity index (χ3v) is 4.17. The summed E-state index contributed by atoms with van der Waals surface area (Å²) in [5.74, 6) is -0.437. The van der Waals surface area contributed by atoms with Gasteiger partial charge in [0.25, 0.3) is 0 Å². The molecule has 130 valence electrons. The molecule has 1 amide bonds. The number of amides is 1. The molecule has 0 saturated carbocycles. The molecular weight excluding hydrogens is 345 g/mol. The lowest BCUT2D eigenvalue weighted by atomic mass is 10.2. The van der Waals surface area contributed by atoms with Crippen LogP contribution in [0.15, 0.2) is 42.9 Å². The van der Waals surface area contributed by atoms with Crippen LogP contribution in [0.4, 0.5) is 10.1 Å². The summed E-state index contributed by atoms with van der Waals surface area (Å²) < 4.78 is 16.9. The van der Waals surface area contributed by atoms with Crippen molar-refractivity contribution in [2.45, 2.75) is 26.4 Å². The molecule has 2 aromatic heterocycles. The van der Waals surface area contributed by atoms with Gasteiger partial charge in [-0.15, -0.1) is 0 Å². The third kappa shape index (κ3) is 4.24. The quantitative estimate of drug-likeness (QED) is 0.733. The normalized spacial score (nSPS) is 10.8. The van der Waals surface area contributed by atoms with Crippen LogP contribution in [-0.4, -0.2) is 25.5 Å². The van der Waals surface area contributed by atoms with Crippen molar-refractivity contribution < 1.29 is 9.18 Å². The molecule has 2 heterocycles. The van der Waals surface area contributed by atoms with Gasteiger partial charge in [0.05, 0.1) is 41.9 Å². The summed E-state index contributed by atoms with van der Waals surface area (Å²) in [6.07, 6.45) is 5.02. The van der Waals surface area contributed by atoms with E-state index in [1.807, 2.05) is 6.92 Å². The second-order valence-corrected chi connectivity index (χ2v) is 6.02. The highest BCUT2D eigenvalue weighted by Crippen LogP contribution is 2.14. The third-order valence-electron chi connectivity index (χ3n) is 3.80. The first kappa shape index (κ1) is 17.2. The number of hydrogen-bond acceptors (Lipinski definition) is 3. The molecule has 8 heteroatoms. The maximum atomic E-state index is 13.7. The summed E-state index contributed by atoms with van der Waals surface area (Å²) in [6, 6.07) is 6.52. The standard InChI is InChI=1S/C17H17ClFN5O/c1-12-15(18)9-21-24(12)7-6-17(25)22-14-8-20-23(11-14)10-13-4-2-3-5-16(13)19/h2-5,8-9,11H,6-7,10H2,1H3,(H,22,25). The summed E-state index contributed by atoms with van der Waals surface area (Å²) in [4.78, 5) is 12.0. The minimum atomic E-state index is -0.281. The second kappa shape index (κ2) is 7.48. The van der Waals surface area contributed by atoms with Gasteiger partial charge < -0.3 is 5.32 Å². The molecule has 1 aromatic carbocycles. The van der Waals surface area contributed by atoms with Gasteiger partial charge in [0, 0.05) is 18.2 Å². The van der Waals surface area contributed by atoms with Crippen LogP contribution in [0.3, 0.4) is 0 Å². The van der Waals surface area contributed by atoms with Crippen LogP contribution < -0.4 is 5.32 Å². The Morgan fingerprint density at radius 1 is 1.28 bits per heavy atom. The Labute approximate surface area is 149 Å². The Hall–Kier alpha value is -2.67. The molecule has 0 radical (unpaired) electrons. The van der Waals surface area contributed by atoms with Crippen LogP contribution in [0, 0.1) is 12.7 Å². The number of hydrogen-bond donors (Lipinski definition) is 1. The molecule has 0 saturated heterocycles. The summed E-state index contributed by atoms with van der Waals surface area (Å²) in [7, 11) is 0. The van der Waals surface area contributed by atoms with Gasteiger partial charge in [-0.05, 0) is 13.0 Å². The highest BCUT2D eigenvalue weighted by atomic mass is 35.5. The minimum absolute atomic E-state index is 0.156. The summed E-state index contributed by atoms with van der Waals surface area (Å²) in [5, 5.41) is 11.6. The summed E-state index contributed by atoms with van der Waals surface area (Å²) in [5.41, 5.74) is 1.93. The van der Waals surface area contributed by atoms with Crippen molar-refractivity contribution in [3.63, 3.8) is 0 Å². The molecule has 0 aliphatic rings. The molecule has 25 heavy (non-hydrogen) atoms. The fraction of sp³-hybridized carbons (Fsp3) is 0.235. The van der Waals surface area contributed by atoms with Crippen LogP contribution in [0.25, 0.3) is 0 Å². The molecule has 0 unspecified atom stereocenters. The number of halogens is 2. The van der Waals surface area contributed by atoms with Gasteiger partial charge in [0.2, 0.25) is 5.91 Å². The van der Waals surface area contributed by atoms with E-state index in [9.17, 15) is 9.18 Å². The first-order valence-corrected chi connectivity index (χ1v) is 8.14. The predicted molar refractivity (Wildman–Crippen MR) is 92.9 cm³/mol. The summed E-state index contributed by atoms with van der Waals surface area (Å²) >= 11 is 5.93. The Morgan fingerprint density at radius 3 is 2.80 bits per heavy atom. The van der Waals surface area contributed by atoms with E-state index >= 15 is 0 Å². The zero-order chi connectivity index (χ0) is 17.8.